The van der Waals surface area contributed by atoms with Gasteiger partial charge in [-0.15, -0.1) is 0 Å². The van der Waals surface area contributed by atoms with Gasteiger partial charge in [-0.25, -0.2) is 4.39 Å². The first-order valence-corrected chi connectivity index (χ1v) is 7.85. The third-order valence-corrected chi connectivity index (χ3v) is 3.63. The second-order valence-electron chi connectivity index (χ2n) is 5.28. The monoisotopic (exact) mass is 333 g/mol. The van der Waals surface area contributed by atoms with Gasteiger partial charge >= 0.3 is 0 Å². The minimum absolute atomic E-state index is 0.0606. The van der Waals surface area contributed by atoms with Crippen LogP contribution in [0.25, 0.3) is 10.8 Å². The number of carbonyl (C=O) groups excluding carboxylic acids is 1. The van der Waals surface area contributed by atoms with Gasteiger partial charge in [0, 0.05) is 5.56 Å². The zero-order valence-corrected chi connectivity index (χ0v) is 13.5. The summed E-state index contributed by atoms with van der Waals surface area (Å²) in [5, 5.41) is 4.67. The molecule has 0 atom stereocenters. The Morgan fingerprint density at radius 2 is 1.72 bits per heavy atom. The average molecular weight is 333 g/mol. The number of para-hydroxylation sites is 1. The molecule has 0 aliphatic rings. The maximum absolute atomic E-state index is 13.4. The Hall–Kier alpha value is -3.32. The molecule has 3 nitrogen and oxygen atoms in total. The van der Waals surface area contributed by atoms with Crippen LogP contribution < -0.4 is 10.1 Å². The third-order valence-electron chi connectivity index (χ3n) is 3.63. The van der Waals surface area contributed by atoms with Gasteiger partial charge in [0.25, 0.3) is 5.91 Å². The number of hydrogen-bond acceptors (Lipinski definition) is 2. The lowest BCUT2D eigenvalue weighted by Gasteiger charge is -2.06. The minimum Gasteiger partial charge on any atom is -0.478 e. The fourth-order valence-corrected chi connectivity index (χ4v) is 2.43. The van der Waals surface area contributed by atoms with E-state index in [9.17, 15) is 9.18 Å². The van der Waals surface area contributed by atoms with Crippen molar-refractivity contribution in [3.8, 4) is 17.6 Å². The Labute approximate surface area is 145 Å². The van der Waals surface area contributed by atoms with E-state index in [0.717, 1.165) is 10.8 Å². The van der Waals surface area contributed by atoms with Crippen molar-refractivity contribution in [1.82, 2.24) is 5.32 Å². The van der Waals surface area contributed by atoms with Crippen molar-refractivity contribution >= 4 is 16.7 Å². The Kier molecular flexibility index (Phi) is 5.28. The number of ether oxygens (including phenoxy) is 1. The second-order valence-corrected chi connectivity index (χ2v) is 5.28. The predicted molar refractivity (Wildman–Crippen MR) is 96.0 cm³/mol. The molecule has 0 saturated carbocycles. The average Bonchev–Trinajstić information content (AvgIpc) is 2.65. The molecular formula is C21H16FNO2. The van der Waals surface area contributed by atoms with E-state index in [1.165, 1.54) is 6.07 Å². The summed E-state index contributed by atoms with van der Waals surface area (Å²) in [6.07, 6.45) is 0. The Bertz CT molecular complexity index is 951. The zero-order chi connectivity index (χ0) is 17.5. The van der Waals surface area contributed by atoms with Crippen LogP contribution in [0.15, 0.2) is 66.7 Å². The van der Waals surface area contributed by atoms with Crippen molar-refractivity contribution in [2.24, 2.45) is 0 Å². The summed E-state index contributed by atoms with van der Waals surface area (Å²) in [4.78, 5) is 12.3. The summed E-state index contributed by atoms with van der Waals surface area (Å²) in [7, 11) is 0. The number of halogens is 1. The molecule has 0 aromatic heterocycles. The number of amides is 1. The van der Waals surface area contributed by atoms with Crippen molar-refractivity contribution in [1.29, 1.82) is 0 Å². The maximum Gasteiger partial charge on any atom is 0.252 e. The Balaban J connectivity index is 1.54. The highest BCUT2D eigenvalue weighted by Gasteiger charge is 2.08. The highest BCUT2D eigenvalue weighted by molar-refractivity contribution is 6.07. The van der Waals surface area contributed by atoms with Gasteiger partial charge < -0.3 is 10.1 Å². The van der Waals surface area contributed by atoms with E-state index in [4.69, 9.17) is 4.74 Å². The van der Waals surface area contributed by atoms with Crippen LogP contribution in [0.3, 0.4) is 0 Å². The molecule has 0 unspecified atom stereocenters. The smallest absolute Gasteiger partial charge is 0.252 e. The number of hydrogen-bond donors (Lipinski definition) is 1. The van der Waals surface area contributed by atoms with E-state index < -0.39 is 5.82 Å². The van der Waals surface area contributed by atoms with Gasteiger partial charge in [0.2, 0.25) is 0 Å². The first-order valence-electron chi connectivity index (χ1n) is 7.85. The van der Waals surface area contributed by atoms with Gasteiger partial charge in [-0.1, -0.05) is 60.4 Å². The summed E-state index contributed by atoms with van der Waals surface area (Å²) in [6, 6.07) is 19.5. The first-order chi connectivity index (χ1) is 12.3. The molecule has 0 spiro atoms. The topological polar surface area (TPSA) is 38.3 Å². The van der Waals surface area contributed by atoms with E-state index in [0.29, 0.717) is 5.56 Å². The van der Waals surface area contributed by atoms with Crippen molar-refractivity contribution in [3.05, 3.63) is 78.1 Å². The quantitative estimate of drug-likeness (QED) is 0.738. The second kappa shape index (κ2) is 7.98. The molecule has 25 heavy (non-hydrogen) atoms. The van der Waals surface area contributed by atoms with Crippen LogP contribution in [-0.4, -0.2) is 19.1 Å². The molecule has 0 aliphatic carbocycles. The molecule has 1 N–H and O–H groups in total. The molecule has 124 valence electrons. The number of benzene rings is 3. The number of nitrogens with one attached hydrogen (secondary N) is 1. The highest BCUT2D eigenvalue weighted by atomic mass is 19.1. The molecule has 0 aliphatic heterocycles. The molecule has 0 heterocycles. The molecule has 3 rings (SSSR count). The van der Waals surface area contributed by atoms with Crippen LogP contribution in [0, 0.1) is 17.7 Å². The van der Waals surface area contributed by atoms with Crippen molar-refractivity contribution in [2.75, 3.05) is 13.2 Å². The summed E-state index contributed by atoms with van der Waals surface area (Å²) in [6.45, 7) is 0.258. The minimum atomic E-state index is -0.423. The van der Waals surface area contributed by atoms with Crippen LogP contribution in [0.2, 0.25) is 0 Å². The van der Waals surface area contributed by atoms with Crippen molar-refractivity contribution in [3.63, 3.8) is 0 Å². The Morgan fingerprint density at radius 3 is 2.60 bits per heavy atom. The van der Waals surface area contributed by atoms with Crippen LogP contribution in [0.1, 0.15) is 10.4 Å². The number of rotatable bonds is 4. The molecule has 0 bridgehead atoms. The first kappa shape index (κ1) is 16.5. The van der Waals surface area contributed by atoms with Crippen LogP contribution in [-0.2, 0) is 0 Å². The molecular weight excluding hydrogens is 317 g/mol. The largest absolute Gasteiger partial charge is 0.478 e. The lowest BCUT2D eigenvalue weighted by atomic mass is 10.0. The van der Waals surface area contributed by atoms with Gasteiger partial charge in [0.05, 0.1) is 6.54 Å². The van der Waals surface area contributed by atoms with E-state index in [1.54, 1.807) is 24.3 Å². The number of carbonyl (C=O) groups is 1. The van der Waals surface area contributed by atoms with Gasteiger partial charge in [-0.05, 0) is 29.0 Å². The summed E-state index contributed by atoms with van der Waals surface area (Å²) in [5.41, 5.74) is 0.613. The summed E-state index contributed by atoms with van der Waals surface area (Å²) in [5.74, 6) is 5.11. The fourth-order valence-electron chi connectivity index (χ4n) is 2.43. The Morgan fingerprint density at radius 1 is 0.960 bits per heavy atom. The normalized spacial score (nSPS) is 9.96. The number of fused-ring (bicyclic) bond motifs is 1. The molecule has 3 aromatic rings. The SMILES string of the molecule is O=C(NCC#CCOc1ccccc1F)c1cccc2ccccc12. The van der Waals surface area contributed by atoms with E-state index in [2.05, 4.69) is 17.2 Å². The summed E-state index contributed by atoms with van der Waals surface area (Å²) >= 11 is 0. The third kappa shape index (κ3) is 4.15. The van der Waals surface area contributed by atoms with Crippen LogP contribution >= 0.6 is 0 Å². The molecule has 0 saturated heterocycles. The standard InChI is InChI=1S/C21H16FNO2/c22-19-12-3-4-13-20(19)25-15-6-5-14-23-21(24)18-11-7-9-16-8-1-2-10-17(16)18/h1-4,7-13H,14-15H2,(H,23,24). The van der Waals surface area contributed by atoms with Crippen LogP contribution in [0.4, 0.5) is 4.39 Å². The molecule has 0 fully saturated rings. The summed E-state index contributed by atoms with van der Waals surface area (Å²) < 4.78 is 18.6. The lowest BCUT2D eigenvalue weighted by molar-refractivity contribution is 0.0960. The maximum atomic E-state index is 13.4. The molecule has 3 aromatic carbocycles. The van der Waals surface area contributed by atoms with Gasteiger partial charge in [-0.3, -0.25) is 4.79 Å². The van der Waals surface area contributed by atoms with Crippen molar-refractivity contribution < 1.29 is 13.9 Å². The van der Waals surface area contributed by atoms with E-state index in [1.807, 2.05) is 36.4 Å². The molecule has 4 heteroatoms. The van der Waals surface area contributed by atoms with Gasteiger partial charge in [0.1, 0.15) is 6.61 Å². The lowest BCUT2D eigenvalue weighted by Crippen LogP contribution is -2.23. The molecule has 0 radical (unpaired) electrons. The van der Waals surface area contributed by atoms with Gasteiger partial charge in [-0.2, -0.15) is 0 Å². The van der Waals surface area contributed by atoms with E-state index in [-0.39, 0.29) is 24.8 Å². The fraction of sp³-hybridized carbons (Fsp3) is 0.0952. The van der Waals surface area contributed by atoms with Crippen molar-refractivity contribution in [2.45, 2.75) is 0 Å². The predicted octanol–water partition coefficient (Wildman–Crippen LogP) is 3.79. The van der Waals surface area contributed by atoms with Crippen LogP contribution in [0.5, 0.6) is 5.75 Å². The van der Waals surface area contributed by atoms with E-state index >= 15 is 0 Å². The zero-order valence-electron chi connectivity index (χ0n) is 13.5. The highest BCUT2D eigenvalue weighted by Crippen LogP contribution is 2.18. The van der Waals surface area contributed by atoms with Gasteiger partial charge in [0.15, 0.2) is 11.6 Å². The molecule has 1 amide bonds.